The summed E-state index contributed by atoms with van der Waals surface area (Å²) >= 11 is 2.55. The number of thioether (sulfide) groups is 1. The summed E-state index contributed by atoms with van der Waals surface area (Å²) in [6.07, 6.45) is 0. The molecule has 0 spiro atoms. The lowest BCUT2D eigenvalue weighted by Gasteiger charge is -2.13. The molecule has 0 unspecified atom stereocenters. The van der Waals surface area contributed by atoms with Crippen molar-refractivity contribution >= 4 is 44.9 Å². The van der Waals surface area contributed by atoms with Gasteiger partial charge in [0, 0.05) is 13.2 Å². The van der Waals surface area contributed by atoms with Gasteiger partial charge in [0.15, 0.2) is 5.16 Å². The van der Waals surface area contributed by atoms with Crippen molar-refractivity contribution in [2.24, 2.45) is 0 Å². The number of benzene rings is 1. The van der Waals surface area contributed by atoms with Gasteiger partial charge in [-0.25, -0.2) is 4.98 Å². The van der Waals surface area contributed by atoms with Crippen LogP contribution in [0.15, 0.2) is 39.6 Å². The lowest BCUT2D eigenvalue weighted by Crippen LogP contribution is -2.25. The number of carbonyl (C=O) groups is 1. The summed E-state index contributed by atoms with van der Waals surface area (Å²) in [5, 5.41) is 5.12. The lowest BCUT2D eigenvalue weighted by atomic mass is 10.2. The van der Waals surface area contributed by atoms with Crippen LogP contribution >= 0.6 is 23.1 Å². The van der Waals surface area contributed by atoms with Gasteiger partial charge in [0.05, 0.1) is 44.3 Å². The van der Waals surface area contributed by atoms with E-state index in [9.17, 15) is 9.59 Å². The first-order chi connectivity index (χ1) is 14.1. The van der Waals surface area contributed by atoms with Crippen molar-refractivity contribution in [2.75, 3.05) is 39.0 Å². The second-order valence-corrected chi connectivity index (χ2v) is 7.74. The van der Waals surface area contributed by atoms with Crippen LogP contribution < -0.4 is 20.3 Å². The van der Waals surface area contributed by atoms with Crippen molar-refractivity contribution in [1.82, 2.24) is 9.55 Å². The zero-order valence-electron chi connectivity index (χ0n) is 16.3. The number of hydrogen-bond acceptors (Lipinski definition) is 8. The highest BCUT2D eigenvalue weighted by molar-refractivity contribution is 7.99. The Kier molecular flexibility index (Phi) is 7.13. The maximum atomic E-state index is 12.7. The molecule has 0 radical (unpaired) electrons. The van der Waals surface area contributed by atoms with Gasteiger partial charge in [0.1, 0.15) is 16.2 Å². The summed E-state index contributed by atoms with van der Waals surface area (Å²) in [7, 11) is 4.65. The van der Waals surface area contributed by atoms with E-state index >= 15 is 0 Å². The van der Waals surface area contributed by atoms with Crippen molar-refractivity contribution in [3.05, 3.63) is 40.0 Å². The molecule has 0 saturated carbocycles. The fourth-order valence-electron chi connectivity index (χ4n) is 2.64. The number of carbonyl (C=O) groups excluding carboxylic acids is 1. The standard InChI is InChI=1S/C19H21N3O5S2/c1-25-8-7-22-18(24)17-13(6-9-28-17)21-19(22)29-11-16(23)20-14-10-12(26-2)4-5-15(14)27-3/h4-6,9-10H,7-8,11H2,1-3H3,(H,20,23). The first-order valence-electron chi connectivity index (χ1n) is 8.69. The maximum Gasteiger partial charge on any atom is 0.272 e. The summed E-state index contributed by atoms with van der Waals surface area (Å²) in [4.78, 5) is 29.8. The number of ether oxygens (including phenoxy) is 3. The Bertz CT molecular complexity index is 1060. The molecule has 0 aliphatic rings. The highest BCUT2D eigenvalue weighted by atomic mass is 32.2. The first-order valence-corrected chi connectivity index (χ1v) is 10.6. The molecule has 1 N–H and O–H groups in total. The summed E-state index contributed by atoms with van der Waals surface area (Å²) in [5.41, 5.74) is 1.01. The molecule has 154 valence electrons. The zero-order valence-corrected chi connectivity index (χ0v) is 17.9. The van der Waals surface area contributed by atoms with Crippen LogP contribution in [-0.4, -0.2) is 49.1 Å². The maximum absolute atomic E-state index is 12.7. The molecule has 0 aliphatic heterocycles. The normalized spacial score (nSPS) is 10.9. The molecule has 0 bridgehead atoms. The number of rotatable bonds is 9. The molecule has 8 nitrogen and oxygen atoms in total. The van der Waals surface area contributed by atoms with Crippen LogP contribution in [0.2, 0.25) is 0 Å². The third-order valence-electron chi connectivity index (χ3n) is 4.06. The molecule has 2 heterocycles. The Morgan fingerprint density at radius 3 is 2.79 bits per heavy atom. The Labute approximate surface area is 175 Å². The van der Waals surface area contributed by atoms with E-state index in [1.165, 1.54) is 30.2 Å². The Morgan fingerprint density at radius 1 is 1.24 bits per heavy atom. The molecule has 29 heavy (non-hydrogen) atoms. The summed E-state index contributed by atoms with van der Waals surface area (Å²) < 4.78 is 17.7. The molecular weight excluding hydrogens is 414 g/mol. The summed E-state index contributed by atoms with van der Waals surface area (Å²) in [5.74, 6) is 0.959. The fraction of sp³-hybridized carbons (Fsp3) is 0.316. The van der Waals surface area contributed by atoms with E-state index in [1.54, 1.807) is 43.1 Å². The summed E-state index contributed by atoms with van der Waals surface area (Å²) in [6, 6.07) is 6.95. The van der Waals surface area contributed by atoms with E-state index in [2.05, 4.69) is 10.3 Å². The van der Waals surface area contributed by atoms with Gasteiger partial charge in [0.25, 0.3) is 5.56 Å². The number of amides is 1. The molecule has 1 aromatic carbocycles. The predicted molar refractivity (Wildman–Crippen MR) is 115 cm³/mol. The van der Waals surface area contributed by atoms with Gasteiger partial charge in [-0.15, -0.1) is 11.3 Å². The van der Waals surface area contributed by atoms with E-state index in [1.807, 2.05) is 5.38 Å². The minimum absolute atomic E-state index is 0.0788. The number of nitrogens with one attached hydrogen (secondary N) is 1. The quantitative estimate of drug-likeness (QED) is 0.408. The minimum Gasteiger partial charge on any atom is -0.497 e. The molecule has 3 rings (SSSR count). The Balaban J connectivity index is 1.78. The topological polar surface area (TPSA) is 91.7 Å². The van der Waals surface area contributed by atoms with E-state index in [0.717, 1.165) is 0 Å². The lowest BCUT2D eigenvalue weighted by molar-refractivity contribution is -0.113. The molecule has 0 atom stereocenters. The van der Waals surface area contributed by atoms with Crippen LogP contribution in [0.5, 0.6) is 11.5 Å². The number of hydrogen-bond donors (Lipinski definition) is 1. The smallest absolute Gasteiger partial charge is 0.272 e. The van der Waals surface area contributed by atoms with Gasteiger partial charge in [-0.3, -0.25) is 14.2 Å². The molecule has 3 aromatic rings. The van der Waals surface area contributed by atoms with Crippen LogP contribution in [-0.2, 0) is 16.1 Å². The molecule has 0 fully saturated rings. The van der Waals surface area contributed by atoms with Gasteiger partial charge in [-0.2, -0.15) is 0 Å². The number of nitrogens with zero attached hydrogens (tertiary/aromatic N) is 2. The van der Waals surface area contributed by atoms with E-state index in [4.69, 9.17) is 14.2 Å². The average molecular weight is 436 g/mol. The van der Waals surface area contributed by atoms with E-state index in [0.29, 0.717) is 45.7 Å². The van der Waals surface area contributed by atoms with Crippen molar-refractivity contribution in [3.8, 4) is 11.5 Å². The SMILES string of the molecule is COCCn1c(SCC(=O)Nc2cc(OC)ccc2OC)nc2ccsc2c1=O. The summed E-state index contributed by atoms with van der Waals surface area (Å²) in [6.45, 7) is 0.739. The van der Waals surface area contributed by atoms with Gasteiger partial charge in [0.2, 0.25) is 5.91 Å². The van der Waals surface area contributed by atoms with Crippen LogP contribution in [0.1, 0.15) is 0 Å². The Hall–Kier alpha value is -2.56. The largest absolute Gasteiger partial charge is 0.497 e. The van der Waals surface area contributed by atoms with Crippen LogP contribution in [0.4, 0.5) is 5.69 Å². The van der Waals surface area contributed by atoms with Crippen LogP contribution in [0.3, 0.4) is 0 Å². The molecule has 1 amide bonds. The fourth-order valence-corrected chi connectivity index (χ4v) is 4.25. The molecular formula is C19H21N3O5S2. The zero-order chi connectivity index (χ0) is 20.8. The number of thiophene rings is 1. The van der Waals surface area contributed by atoms with Gasteiger partial charge in [-0.05, 0) is 23.6 Å². The van der Waals surface area contributed by atoms with Crippen molar-refractivity contribution < 1.29 is 19.0 Å². The molecule has 0 saturated heterocycles. The van der Waals surface area contributed by atoms with Gasteiger partial charge in [-0.1, -0.05) is 11.8 Å². The second-order valence-electron chi connectivity index (χ2n) is 5.88. The van der Waals surface area contributed by atoms with Gasteiger partial charge < -0.3 is 19.5 Å². The van der Waals surface area contributed by atoms with Crippen molar-refractivity contribution in [2.45, 2.75) is 11.7 Å². The van der Waals surface area contributed by atoms with Crippen LogP contribution in [0.25, 0.3) is 10.2 Å². The highest BCUT2D eigenvalue weighted by Gasteiger charge is 2.15. The number of methoxy groups -OCH3 is 3. The highest BCUT2D eigenvalue weighted by Crippen LogP contribution is 2.29. The first kappa shape index (κ1) is 21.2. The average Bonchev–Trinajstić information content (AvgIpc) is 3.20. The minimum atomic E-state index is -0.250. The van der Waals surface area contributed by atoms with Crippen molar-refractivity contribution in [3.63, 3.8) is 0 Å². The second kappa shape index (κ2) is 9.77. The Morgan fingerprint density at radius 2 is 2.07 bits per heavy atom. The van der Waals surface area contributed by atoms with Gasteiger partial charge >= 0.3 is 0 Å². The molecule has 0 aliphatic carbocycles. The number of fused-ring (bicyclic) bond motifs is 1. The number of anilines is 1. The van der Waals surface area contributed by atoms with Crippen molar-refractivity contribution in [1.29, 1.82) is 0 Å². The molecule has 10 heteroatoms. The predicted octanol–water partition coefficient (Wildman–Crippen LogP) is 2.85. The van der Waals surface area contributed by atoms with E-state index < -0.39 is 0 Å². The van der Waals surface area contributed by atoms with Crippen LogP contribution in [0, 0.1) is 0 Å². The monoisotopic (exact) mass is 435 g/mol. The third-order valence-corrected chi connectivity index (χ3v) is 5.93. The van der Waals surface area contributed by atoms with E-state index in [-0.39, 0.29) is 17.2 Å². The molecule has 2 aromatic heterocycles. The number of aromatic nitrogens is 2. The third kappa shape index (κ3) is 4.89.